The maximum Gasteiger partial charge on any atom is 0.217 e. The number of carbonyl (C=O) groups excluding carboxylic acids is 1. The van der Waals surface area contributed by atoms with Crippen LogP contribution in [0.2, 0.25) is 0 Å². The smallest absolute Gasteiger partial charge is 0.217 e. The van der Waals surface area contributed by atoms with Crippen LogP contribution < -0.4 is 5.32 Å². The molecule has 2 unspecified atom stereocenters. The van der Waals surface area contributed by atoms with Crippen LogP contribution >= 0.6 is 0 Å². The topological polar surface area (TPSA) is 29.1 Å². The van der Waals surface area contributed by atoms with Crippen molar-refractivity contribution in [3.8, 4) is 0 Å². The van der Waals surface area contributed by atoms with E-state index in [0.29, 0.717) is 0 Å². The highest BCUT2D eigenvalue weighted by molar-refractivity contribution is 5.73. The molecule has 84 valence electrons. The molecule has 4 bridgehead atoms. The quantitative estimate of drug-likeness (QED) is 0.703. The van der Waals surface area contributed by atoms with Crippen LogP contribution in [-0.4, -0.2) is 11.4 Å². The number of fused-ring (bicyclic) bond motifs is 1. The Kier molecular flexibility index (Phi) is 2.08. The second kappa shape index (κ2) is 3.23. The second-order valence-electron chi connectivity index (χ2n) is 6.21. The van der Waals surface area contributed by atoms with Gasteiger partial charge < -0.3 is 5.32 Å². The molecule has 2 heteroatoms. The van der Waals surface area contributed by atoms with Gasteiger partial charge in [-0.1, -0.05) is 0 Å². The van der Waals surface area contributed by atoms with Crippen molar-refractivity contribution in [2.45, 2.75) is 57.4 Å². The SMILES string of the molecule is CC(=O)NC12CCC3C[C@H](C[C@H](C3)C1)C2. The molecule has 4 fully saturated rings. The fourth-order valence-electron chi connectivity index (χ4n) is 4.68. The van der Waals surface area contributed by atoms with E-state index >= 15 is 0 Å². The summed E-state index contributed by atoms with van der Waals surface area (Å²) in [4.78, 5) is 11.3. The van der Waals surface area contributed by atoms with Gasteiger partial charge >= 0.3 is 0 Å². The normalized spacial score (nSPS) is 47.7. The molecule has 1 amide bonds. The number of rotatable bonds is 1. The minimum Gasteiger partial charge on any atom is -0.351 e. The van der Waals surface area contributed by atoms with Gasteiger partial charge in [0.1, 0.15) is 0 Å². The molecule has 2 nitrogen and oxygen atoms in total. The zero-order valence-corrected chi connectivity index (χ0v) is 9.59. The molecular weight excluding hydrogens is 186 g/mol. The zero-order chi connectivity index (χ0) is 10.5. The highest BCUT2D eigenvalue weighted by Gasteiger charge is 2.47. The molecule has 0 heterocycles. The van der Waals surface area contributed by atoms with Crippen molar-refractivity contribution in [3.63, 3.8) is 0 Å². The molecule has 0 aromatic heterocycles. The molecule has 0 aromatic rings. The summed E-state index contributed by atoms with van der Waals surface area (Å²) in [6, 6.07) is 0. The highest BCUT2D eigenvalue weighted by atomic mass is 16.1. The summed E-state index contributed by atoms with van der Waals surface area (Å²) in [5, 5.41) is 3.28. The van der Waals surface area contributed by atoms with Crippen molar-refractivity contribution in [2.24, 2.45) is 17.8 Å². The van der Waals surface area contributed by atoms with Crippen LogP contribution in [0.15, 0.2) is 0 Å². The first kappa shape index (κ1) is 9.68. The number of nitrogens with one attached hydrogen (secondary N) is 1. The molecule has 0 spiro atoms. The van der Waals surface area contributed by atoms with Gasteiger partial charge in [-0.05, 0) is 62.7 Å². The van der Waals surface area contributed by atoms with E-state index in [1.165, 1.54) is 44.9 Å². The fraction of sp³-hybridized carbons (Fsp3) is 0.923. The van der Waals surface area contributed by atoms with E-state index < -0.39 is 0 Å². The Bertz CT molecular complexity index is 272. The van der Waals surface area contributed by atoms with Crippen LogP contribution in [0.5, 0.6) is 0 Å². The highest BCUT2D eigenvalue weighted by Crippen LogP contribution is 2.52. The van der Waals surface area contributed by atoms with Gasteiger partial charge in [-0.25, -0.2) is 0 Å². The molecule has 0 aromatic carbocycles. The van der Waals surface area contributed by atoms with Gasteiger partial charge in [0.25, 0.3) is 0 Å². The number of carbonyl (C=O) groups is 1. The molecule has 4 rings (SSSR count). The van der Waals surface area contributed by atoms with Gasteiger partial charge in [0.15, 0.2) is 0 Å². The second-order valence-corrected chi connectivity index (χ2v) is 6.21. The maximum atomic E-state index is 11.3. The molecule has 15 heavy (non-hydrogen) atoms. The molecule has 1 N–H and O–H groups in total. The first-order valence-electron chi connectivity index (χ1n) is 6.44. The van der Waals surface area contributed by atoms with Crippen molar-refractivity contribution in [3.05, 3.63) is 0 Å². The largest absolute Gasteiger partial charge is 0.351 e. The van der Waals surface area contributed by atoms with E-state index in [2.05, 4.69) is 5.32 Å². The minimum atomic E-state index is 0.176. The number of hydrogen-bond acceptors (Lipinski definition) is 1. The lowest BCUT2D eigenvalue weighted by Crippen LogP contribution is -2.52. The lowest BCUT2D eigenvalue weighted by atomic mass is 9.65. The third kappa shape index (κ3) is 1.68. The average Bonchev–Trinajstić information content (AvgIpc) is 2.29. The van der Waals surface area contributed by atoms with Crippen molar-refractivity contribution >= 4 is 5.91 Å². The fourth-order valence-corrected chi connectivity index (χ4v) is 4.68. The van der Waals surface area contributed by atoms with Gasteiger partial charge in [-0.3, -0.25) is 4.79 Å². The number of hydrogen-bond donors (Lipinski definition) is 1. The Balaban J connectivity index is 1.86. The molecule has 0 radical (unpaired) electrons. The summed E-state index contributed by atoms with van der Waals surface area (Å²) in [5.41, 5.74) is 0.199. The first-order valence-corrected chi connectivity index (χ1v) is 6.44. The predicted octanol–water partition coefficient (Wildman–Crippen LogP) is 2.48. The van der Waals surface area contributed by atoms with E-state index in [9.17, 15) is 4.79 Å². The summed E-state index contributed by atoms with van der Waals surface area (Å²) in [7, 11) is 0. The van der Waals surface area contributed by atoms with Crippen molar-refractivity contribution in [2.75, 3.05) is 0 Å². The van der Waals surface area contributed by atoms with Gasteiger partial charge in [-0.15, -0.1) is 0 Å². The molecule has 4 aliphatic carbocycles. The summed E-state index contributed by atoms with van der Waals surface area (Å²) >= 11 is 0. The standard InChI is InChI=1S/C13H21NO/c1-9(15)14-13-3-2-10-4-11(7-13)6-12(5-10)8-13/h10-12H,2-8H2,1H3,(H,14,15)/t10?,11-,12+,13?. The molecular formula is C13H21NO. The Morgan fingerprint density at radius 1 is 1.13 bits per heavy atom. The zero-order valence-electron chi connectivity index (χ0n) is 9.59. The van der Waals surface area contributed by atoms with E-state index in [1.807, 2.05) is 0 Å². The summed E-state index contributed by atoms with van der Waals surface area (Å²) in [6.45, 7) is 1.67. The average molecular weight is 207 g/mol. The van der Waals surface area contributed by atoms with Crippen LogP contribution in [0.25, 0.3) is 0 Å². The number of amides is 1. The summed E-state index contributed by atoms with van der Waals surface area (Å²) in [5.74, 6) is 2.98. The van der Waals surface area contributed by atoms with Crippen LogP contribution in [0.4, 0.5) is 0 Å². The lowest BCUT2D eigenvalue weighted by molar-refractivity contribution is -0.121. The van der Waals surface area contributed by atoms with Gasteiger partial charge in [0, 0.05) is 12.5 Å². The van der Waals surface area contributed by atoms with Crippen LogP contribution in [0.1, 0.15) is 51.9 Å². The summed E-state index contributed by atoms with van der Waals surface area (Å²) < 4.78 is 0. The van der Waals surface area contributed by atoms with E-state index in [0.717, 1.165) is 17.8 Å². The molecule has 4 saturated carbocycles. The molecule has 4 aliphatic rings. The Morgan fingerprint density at radius 2 is 1.73 bits per heavy atom. The maximum absolute atomic E-state index is 11.3. The van der Waals surface area contributed by atoms with Crippen molar-refractivity contribution in [1.82, 2.24) is 5.32 Å². The van der Waals surface area contributed by atoms with Crippen molar-refractivity contribution < 1.29 is 4.79 Å². The Hall–Kier alpha value is -0.530. The van der Waals surface area contributed by atoms with Gasteiger partial charge in [0.2, 0.25) is 5.91 Å². The van der Waals surface area contributed by atoms with Crippen molar-refractivity contribution in [1.29, 1.82) is 0 Å². The third-order valence-corrected chi connectivity index (χ3v) is 4.83. The molecule has 4 atom stereocenters. The first-order chi connectivity index (χ1) is 7.15. The minimum absolute atomic E-state index is 0.176. The van der Waals surface area contributed by atoms with Crippen LogP contribution in [-0.2, 0) is 4.79 Å². The van der Waals surface area contributed by atoms with Gasteiger partial charge in [0.05, 0.1) is 0 Å². The van der Waals surface area contributed by atoms with Gasteiger partial charge in [-0.2, -0.15) is 0 Å². The lowest BCUT2D eigenvalue weighted by Gasteiger charge is -2.45. The molecule has 0 aliphatic heterocycles. The predicted molar refractivity (Wildman–Crippen MR) is 59.3 cm³/mol. The van der Waals surface area contributed by atoms with E-state index in [-0.39, 0.29) is 11.4 Å². The molecule has 0 saturated heterocycles. The Morgan fingerprint density at radius 3 is 2.33 bits per heavy atom. The third-order valence-electron chi connectivity index (χ3n) is 4.83. The van der Waals surface area contributed by atoms with E-state index in [1.54, 1.807) is 6.92 Å². The van der Waals surface area contributed by atoms with Crippen LogP contribution in [0, 0.1) is 17.8 Å². The summed E-state index contributed by atoms with van der Waals surface area (Å²) in [6.07, 6.45) is 9.45. The van der Waals surface area contributed by atoms with E-state index in [4.69, 9.17) is 0 Å². The Labute approximate surface area is 91.8 Å². The van der Waals surface area contributed by atoms with Crippen LogP contribution in [0.3, 0.4) is 0 Å². The monoisotopic (exact) mass is 207 g/mol.